The lowest BCUT2D eigenvalue weighted by molar-refractivity contribution is -0.138. The van der Waals surface area contributed by atoms with Crippen molar-refractivity contribution in [1.29, 1.82) is 0 Å². The summed E-state index contributed by atoms with van der Waals surface area (Å²) in [5, 5.41) is 7.03. The zero-order chi connectivity index (χ0) is 25.2. The van der Waals surface area contributed by atoms with E-state index in [1.807, 2.05) is 13.8 Å². The number of alkyl halides is 3. The van der Waals surface area contributed by atoms with E-state index in [1.54, 1.807) is 23.0 Å². The molecule has 2 aliphatic rings. The molecular weight excluding hydrogens is 461 g/mol. The average molecular weight is 491 g/mol. The molecule has 1 aliphatic heterocycles. The predicted molar refractivity (Wildman–Crippen MR) is 123 cm³/mol. The van der Waals surface area contributed by atoms with E-state index in [2.05, 4.69) is 10.4 Å². The zero-order valence-corrected chi connectivity index (χ0v) is 19.8. The number of fused-ring (bicyclic) bond motifs is 1. The molecule has 0 bridgehead atoms. The van der Waals surface area contributed by atoms with Gasteiger partial charge >= 0.3 is 6.18 Å². The lowest BCUT2D eigenvalue weighted by atomic mass is 10.0. The minimum atomic E-state index is -4.59. The van der Waals surface area contributed by atoms with Crippen molar-refractivity contribution < 1.29 is 27.5 Å². The van der Waals surface area contributed by atoms with Crippen molar-refractivity contribution in [2.75, 3.05) is 11.9 Å². The van der Waals surface area contributed by atoms with E-state index in [4.69, 9.17) is 4.74 Å². The number of nitrogens with zero attached hydrogens (tertiary/aromatic N) is 3. The fraction of sp³-hybridized carbons (Fsp3) is 0.480. The quantitative estimate of drug-likeness (QED) is 0.529. The van der Waals surface area contributed by atoms with Gasteiger partial charge in [0.25, 0.3) is 11.8 Å². The highest BCUT2D eigenvalue weighted by Gasteiger charge is 2.41. The number of hydrogen-bond donors (Lipinski definition) is 1. The first-order valence-corrected chi connectivity index (χ1v) is 11.8. The fourth-order valence-electron chi connectivity index (χ4n) is 4.54. The number of rotatable bonds is 8. The Bertz CT molecular complexity index is 1120. The van der Waals surface area contributed by atoms with Gasteiger partial charge in [-0.3, -0.25) is 19.2 Å². The molecule has 0 saturated heterocycles. The predicted octanol–water partition coefficient (Wildman–Crippen LogP) is 5.00. The molecule has 1 saturated carbocycles. The Morgan fingerprint density at radius 2 is 2.00 bits per heavy atom. The van der Waals surface area contributed by atoms with Gasteiger partial charge in [-0.05, 0) is 50.3 Å². The van der Waals surface area contributed by atoms with E-state index in [-0.39, 0.29) is 41.2 Å². The number of carbonyl (C=O) groups is 2. The molecule has 1 N–H and O–H groups in total. The maximum absolute atomic E-state index is 13.6. The fourth-order valence-corrected chi connectivity index (χ4v) is 4.54. The second-order valence-corrected chi connectivity index (χ2v) is 9.15. The molecule has 2 aromatic rings. The number of nitrogens with one attached hydrogen (secondary N) is 1. The summed E-state index contributed by atoms with van der Waals surface area (Å²) in [6.07, 6.45) is 2.67. The van der Waals surface area contributed by atoms with Crippen LogP contribution in [0.3, 0.4) is 0 Å². The van der Waals surface area contributed by atoms with Crippen LogP contribution in [0.25, 0.3) is 0 Å². The highest BCUT2D eigenvalue weighted by molar-refractivity contribution is 6.09. The third kappa shape index (κ3) is 5.75. The van der Waals surface area contributed by atoms with Crippen molar-refractivity contribution in [3.63, 3.8) is 0 Å². The molecule has 2 amide bonds. The van der Waals surface area contributed by atoms with Gasteiger partial charge in [0.15, 0.2) is 5.82 Å². The summed E-state index contributed by atoms with van der Waals surface area (Å²) in [4.78, 5) is 27.6. The molecule has 4 rings (SSSR count). The summed E-state index contributed by atoms with van der Waals surface area (Å²) >= 11 is 0. The van der Waals surface area contributed by atoms with Gasteiger partial charge in [-0.1, -0.05) is 25.0 Å². The van der Waals surface area contributed by atoms with Gasteiger partial charge in [-0.15, -0.1) is 0 Å². The van der Waals surface area contributed by atoms with Gasteiger partial charge in [-0.2, -0.15) is 18.3 Å². The van der Waals surface area contributed by atoms with Crippen LogP contribution in [0.1, 0.15) is 61.0 Å². The number of halogens is 3. The molecule has 0 spiro atoms. The summed E-state index contributed by atoms with van der Waals surface area (Å²) in [5.41, 5.74) is -0.929. The SMILES string of the molecule is CC(C)OCCn1ccc(NC(=O)/C(=C\C2CCCC2)N2Cc3c(cccc3C(F)(F)F)C2=O)n1. The third-order valence-electron chi connectivity index (χ3n) is 6.24. The first-order chi connectivity index (χ1) is 16.6. The van der Waals surface area contributed by atoms with Crippen LogP contribution in [0.5, 0.6) is 0 Å². The van der Waals surface area contributed by atoms with E-state index in [0.717, 1.165) is 36.6 Å². The number of benzene rings is 1. The number of amides is 2. The lowest BCUT2D eigenvalue weighted by Crippen LogP contribution is -2.32. The van der Waals surface area contributed by atoms with E-state index in [9.17, 15) is 22.8 Å². The molecule has 0 atom stereocenters. The summed E-state index contributed by atoms with van der Waals surface area (Å²) in [6, 6.07) is 5.19. The Labute approximate surface area is 201 Å². The first-order valence-electron chi connectivity index (χ1n) is 11.8. The van der Waals surface area contributed by atoms with Crippen molar-refractivity contribution >= 4 is 17.6 Å². The molecular formula is C25H29F3N4O3. The summed E-state index contributed by atoms with van der Waals surface area (Å²) in [7, 11) is 0. The van der Waals surface area contributed by atoms with Crippen LogP contribution >= 0.6 is 0 Å². The topological polar surface area (TPSA) is 76.5 Å². The van der Waals surface area contributed by atoms with Gasteiger partial charge < -0.3 is 10.1 Å². The van der Waals surface area contributed by atoms with E-state index in [0.29, 0.717) is 13.2 Å². The Balaban J connectivity index is 1.56. The van der Waals surface area contributed by atoms with Crippen molar-refractivity contribution in [2.24, 2.45) is 5.92 Å². The van der Waals surface area contributed by atoms with Crippen molar-refractivity contribution in [3.8, 4) is 0 Å². The molecule has 1 aromatic carbocycles. The van der Waals surface area contributed by atoms with Crippen LogP contribution in [0.4, 0.5) is 19.0 Å². The molecule has 10 heteroatoms. The standard InChI is InChI=1S/C25H29F3N4O3/c1-16(2)35-13-12-31-11-10-22(30-31)29-23(33)21(14-17-6-3-4-7-17)32-15-19-18(24(32)34)8-5-9-20(19)25(26,27)28/h5,8-11,14,16-17H,3-4,6-7,12-13,15H2,1-2H3,(H,29,30,33)/b21-14+. The van der Waals surface area contributed by atoms with Crippen molar-refractivity contribution in [2.45, 2.75) is 64.9 Å². The number of hydrogen-bond acceptors (Lipinski definition) is 4. The summed E-state index contributed by atoms with van der Waals surface area (Å²) in [5.74, 6) is -0.811. The van der Waals surface area contributed by atoms with E-state index >= 15 is 0 Å². The largest absolute Gasteiger partial charge is 0.416 e. The van der Waals surface area contributed by atoms with Gasteiger partial charge in [0.05, 0.1) is 31.4 Å². The van der Waals surface area contributed by atoms with E-state index in [1.165, 1.54) is 12.1 Å². The zero-order valence-electron chi connectivity index (χ0n) is 19.8. The number of aromatic nitrogens is 2. The third-order valence-corrected chi connectivity index (χ3v) is 6.24. The molecule has 188 valence electrons. The minimum absolute atomic E-state index is 0.0284. The second kappa shape index (κ2) is 10.2. The van der Waals surface area contributed by atoms with Crippen LogP contribution in [0.2, 0.25) is 0 Å². The smallest absolute Gasteiger partial charge is 0.377 e. The monoisotopic (exact) mass is 490 g/mol. The molecule has 0 unspecified atom stereocenters. The van der Waals surface area contributed by atoms with Gasteiger partial charge in [0, 0.05) is 17.8 Å². The Kier molecular flexibility index (Phi) is 7.30. The summed E-state index contributed by atoms with van der Waals surface area (Å²) in [6.45, 7) is 4.52. The molecule has 1 fully saturated rings. The van der Waals surface area contributed by atoms with Crippen LogP contribution < -0.4 is 5.32 Å². The second-order valence-electron chi connectivity index (χ2n) is 9.15. The van der Waals surface area contributed by atoms with Crippen LogP contribution in [0, 0.1) is 5.92 Å². The van der Waals surface area contributed by atoms with Crippen molar-refractivity contribution in [1.82, 2.24) is 14.7 Å². The first kappa shape index (κ1) is 25.0. The average Bonchev–Trinajstić information content (AvgIpc) is 3.52. The number of ether oxygens (including phenoxy) is 1. The maximum Gasteiger partial charge on any atom is 0.416 e. The van der Waals surface area contributed by atoms with Crippen molar-refractivity contribution in [3.05, 3.63) is 58.9 Å². The van der Waals surface area contributed by atoms with E-state index < -0.39 is 23.6 Å². The summed E-state index contributed by atoms with van der Waals surface area (Å²) < 4.78 is 47.8. The Morgan fingerprint density at radius 3 is 2.69 bits per heavy atom. The lowest BCUT2D eigenvalue weighted by Gasteiger charge is -2.21. The molecule has 35 heavy (non-hydrogen) atoms. The number of allylic oxidation sites excluding steroid dienone is 1. The Morgan fingerprint density at radius 1 is 1.26 bits per heavy atom. The maximum atomic E-state index is 13.6. The highest BCUT2D eigenvalue weighted by atomic mass is 19.4. The Hall–Kier alpha value is -3.14. The number of anilines is 1. The highest BCUT2D eigenvalue weighted by Crippen LogP contribution is 2.38. The molecule has 0 radical (unpaired) electrons. The van der Waals surface area contributed by atoms with Gasteiger partial charge in [0.1, 0.15) is 5.70 Å². The molecule has 1 aliphatic carbocycles. The van der Waals surface area contributed by atoms with Crippen LogP contribution in [-0.4, -0.2) is 39.2 Å². The molecule has 1 aromatic heterocycles. The minimum Gasteiger partial charge on any atom is -0.377 e. The number of carbonyl (C=O) groups excluding carboxylic acids is 2. The van der Waals surface area contributed by atoms with Crippen LogP contribution in [0.15, 0.2) is 42.2 Å². The van der Waals surface area contributed by atoms with Crippen LogP contribution in [-0.2, 0) is 28.8 Å². The van der Waals surface area contributed by atoms with Gasteiger partial charge in [-0.25, -0.2) is 0 Å². The van der Waals surface area contributed by atoms with Gasteiger partial charge in [0.2, 0.25) is 0 Å². The molecule has 2 heterocycles. The normalized spacial score (nSPS) is 16.9. The molecule has 7 nitrogen and oxygen atoms in total.